The summed E-state index contributed by atoms with van der Waals surface area (Å²) in [6, 6.07) is 0.934. The monoisotopic (exact) mass is 376 g/mol. The number of rotatable bonds is 18. The Morgan fingerprint density at radius 1 is 0.600 bits per heavy atom. The molecule has 25 heavy (non-hydrogen) atoms. The lowest BCUT2D eigenvalue weighted by Gasteiger charge is -2.29. The normalized spacial score (nSPS) is 12.7. The van der Waals surface area contributed by atoms with Crippen LogP contribution < -0.4 is 0 Å². The minimum absolute atomic E-state index is 0.934. The Labute approximate surface area is 159 Å². The van der Waals surface area contributed by atoms with E-state index in [1.165, 1.54) is 81.8 Å². The molecule has 0 heterocycles. The molecule has 0 fully saturated rings. The standard InChI is InChI=1S/C20H46NO3Si/c1-7-18-21(2,3)19-16-14-12-10-8-9-11-13-15-17-20-25(22-4,23-5)24-6/h7-20H2,1-6H3/q+1. The minimum atomic E-state index is -2.33. The largest absolute Gasteiger partial charge is 0.500 e. The van der Waals surface area contributed by atoms with Gasteiger partial charge in [-0.2, -0.15) is 0 Å². The van der Waals surface area contributed by atoms with E-state index in [0.29, 0.717) is 0 Å². The van der Waals surface area contributed by atoms with Gasteiger partial charge in [-0.1, -0.05) is 51.9 Å². The molecule has 0 spiro atoms. The van der Waals surface area contributed by atoms with Crippen LogP contribution in [0.5, 0.6) is 0 Å². The molecule has 0 aliphatic heterocycles. The third-order valence-electron chi connectivity index (χ3n) is 5.26. The summed E-state index contributed by atoms with van der Waals surface area (Å²) >= 11 is 0. The van der Waals surface area contributed by atoms with Gasteiger partial charge in [0.05, 0.1) is 27.2 Å². The number of hydrogen-bond acceptors (Lipinski definition) is 3. The summed E-state index contributed by atoms with van der Waals surface area (Å²) in [7, 11) is 7.49. The molecule has 0 aliphatic rings. The molecule has 0 rings (SSSR count). The summed E-state index contributed by atoms with van der Waals surface area (Å²) in [5.74, 6) is 0. The first-order chi connectivity index (χ1) is 11.9. The van der Waals surface area contributed by atoms with E-state index in [2.05, 4.69) is 21.0 Å². The second-order valence-corrected chi connectivity index (χ2v) is 11.1. The Morgan fingerprint density at radius 2 is 1.00 bits per heavy atom. The van der Waals surface area contributed by atoms with Gasteiger partial charge in [-0.15, -0.1) is 0 Å². The minimum Gasteiger partial charge on any atom is -0.377 e. The maximum atomic E-state index is 5.46. The zero-order valence-corrected chi connectivity index (χ0v) is 19.1. The molecule has 152 valence electrons. The van der Waals surface area contributed by atoms with Crippen LogP contribution in [0, 0.1) is 0 Å². The van der Waals surface area contributed by atoms with Crippen LogP contribution in [0.3, 0.4) is 0 Å². The molecule has 0 bridgehead atoms. The molecule has 4 nitrogen and oxygen atoms in total. The summed E-state index contributed by atoms with van der Waals surface area (Å²) in [6.45, 7) is 4.93. The summed E-state index contributed by atoms with van der Waals surface area (Å²) in [4.78, 5) is 0. The van der Waals surface area contributed by atoms with E-state index in [4.69, 9.17) is 13.3 Å². The van der Waals surface area contributed by atoms with Crippen LogP contribution in [-0.2, 0) is 13.3 Å². The Morgan fingerprint density at radius 3 is 1.40 bits per heavy atom. The first-order valence-corrected chi connectivity index (χ1v) is 12.4. The second-order valence-electron chi connectivity index (χ2n) is 7.96. The molecule has 0 radical (unpaired) electrons. The third kappa shape index (κ3) is 13.0. The molecule has 0 unspecified atom stereocenters. The quantitative estimate of drug-likeness (QED) is 0.186. The highest BCUT2D eigenvalue weighted by Gasteiger charge is 2.36. The fourth-order valence-electron chi connectivity index (χ4n) is 3.57. The van der Waals surface area contributed by atoms with Crippen LogP contribution in [0.1, 0.15) is 77.6 Å². The van der Waals surface area contributed by atoms with Gasteiger partial charge < -0.3 is 17.8 Å². The lowest BCUT2D eigenvalue weighted by Crippen LogP contribution is -2.42. The van der Waals surface area contributed by atoms with Crippen molar-refractivity contribution in [2.45, 2.75) is 83.6 Å². The van der Waals surface area contributed by atoms with E-state index in [1.54, 1.807) is 21.3 Å². The van der Waals surface area contributed by atoms with Gasteiger partial charge in [0.2, 0.25) is 0 Å². The molecule has 0 aromatic rings. The van der Waals surface area contributed by atoms with Crippen LogP contribution >= 0.6 is 0 Å². The topological polar surface area (TPSA) is 27.7 Å². The molecular formula is C20H46NO3Si+. The molecule has 0 amide bonds. The van der Waals surface area contributed by atoms with Gasteiger partial charge >= 0.3 is 8.80 Å². The Bertz CT molecular complexity index is 288. The van der Waals surface area contributed by atoms with Gasteiger partial charge in [-0.3, -0.25) is 0 Å². The van der Waals surface area contributed by atoms with Crippen LogP contribution in [-0.4, -0.2) is 61.8 Å². The fourth-order valence-corrected chi connectivity index (χ4v) is 5.36. The molecule has 0 aromatic carbocycles. The van der Waals surface area contributed by atoms with Crippen LogP contribution in [0.2, 0.25) is 6.04 Å². The third-order valence-corrected chi connectivity index (χ3v) is 8.09. The molecule has 0 aliphatic carbocycles. The predicted octanol–water partition coefficient (Wildman–Crippen LogP) is 5.25. The second kappa shape index (κ2) is 15.1. The molecule has 0 N–H and O–H groups in total. The van der Waals surface area contributed by atoms with Gasteiger partial charge in [0.1, 0.15) is 0 Å². The van der Waals surface area contributed by atoms with Gasteiger partial charge in [-0.25, -0.2) is 0 Å². The smallest absolute Gasteiger partial charge is 0.377 e. The van der Waals surface area contributed by atoms with Crippen molar-refractivity contribution in [1.82, 2.24) is 0 Å². The van der Waals surface area contributed by atoms with Crippen LogP contribution in [0.25, 0.3) is 0 Å². The fraction of sp³-hybridized carbons (Fsp3) is 1.00. The van der Waals surface area contributed by atoms with Crippen molar-refractivity contribution in [3.63, 3.8) is 0 Å². The van der Waals surface area contributed by atoms with Gasteiger partial charge in [-0.05, 0) is 25.7 Å². The van der Waals surface area contributed by atoms with Crippen molar-refractivity contribution in [2.75, 3.05) is 48.5 Å². The van der Waals surface area contributed by atoms with Crippen molar-refractivity contribution < 1.29 is 17.8 Å². The predicted molar refractivity (Wildman–Crippen MR) is 110 cm³/mol. The molecule has 0 saturated heterocycles. The highest BCUT2D eigenvalue weighted by Crippen LogP contribution is 2.18. The van der Waals surface area contributed by atoms with E-state index in [9.17, 15) is 0 Å². The highest BCUT2D eigenvalue weighted by molar-refractivity contribution is 6.60. The van der Waals surface area contributed by atoms with Crippen LogP contribution in [0.15, 0.2) is 0 Å². The Hall–Kier alpha value is 0.0569. The summed E-state index contributed by atoms with van der Waals surface area (Å²) in [6.07, 6.45) is 14.8. The lowest BCUT2D eigenvalue weighted by molar-refractivity contribution is -0.890. The highest BCUT2D eigenvalue weighted by atomic mass is 28.4. The lowest BCUT2D eigenvalue weighted by atomic mass is 10.1. The van der Waals surface area contributed by atoms with Gasteiger partial charge in [0.25, 0.3) is 0 Å². The van der Waals surface area contributed by atoms with Crippen molar-refractivity contribution in [2.24, 2.45) is 0 Å². The molecule has 0 aromatic heterocycles. The number of nitrogens with zero attached hydrogens (tertiary/aromatic N) is 1. The van der Waals surface area contributed by atoms with Crippen molar-refractivity contribution >= 4 is 8.80 Å². The van der Waals surface area contributed by atoms with Gasteiger partial charge in [0, 0.05) is 27.4 Å². The zero-order valence-electron chi connectivity index (χ0n) is 18.1. The van der Waals surface area contributed by atoms with E-state index >= 15 is 0 Å². The molecule has 0 saturated carbocycles. The Kier molecular flexibility index (Phi) is 15.2. The Balaban J connectivity index is 3.40. The SMILES string of the molecule is CCC[N+](C)(C)CCCCCCCCCCCC[Si](OC)(OC)OC. The average Bonchev–Trinajstić information content (AvgIpc) is 2.59. The maximum absolute atomic E-state index is 5.46. The van der Waals surface area contributed by atoms with E-state index in [0.717, 1.165) is 12.5 Å². The van der Waals surface area contributed by atoms with Crippen molar-refractivity contribution in [1.29, 1.82) is 0 Å². The molecule has 5 heteroatoms. The number of unbranched alkanes of at least 4 members (excludes halogenated alkanes) is 9. The first kappa shape index (κ1) is 25.1. The summed E-state index contributed by atoms with van der Waals surface area (Å²) < 4.78 is 17.6. The van der Waals surface area contributed by atoms with Crippen LogP contribution in [0.4, 0.5) is 0 Å². The molecule has 0 atom stereocenters. The van der Waals surface area contributed by atoms with E-state index in [-0.39, 0.29) is 0 Å². The summed E-state index contributed by atoms with van der Waals surface area (Å²) in [5, 5.41) is 0. The van der Waals surface area contributed by atoms with Crippen molar-refractivity contribution in [3.05, 3.63) is 0 Å². The van der Waals surface area contributed by atoms with Gasteiger partial charge in [0.15, 0.2) is 0 Å². The summed E-state index contributed by atoms with van der Waals surface area (Å²) in [5.41, 5.74) is 0. The zero-order chi connectivity index (χ0) is 19.0. The number of quaternary nitrogens is 1. The first-order valence-electron chi connectivity index (χ1n) is 10.4. The van der Waals surface area contributed by atoms with Crippen molar-refractivity contribution in [3.8, 4) is 0 Å². The average molecular weight is 377 g/mol. The molecular weight excluding hydrogens is 330 g/mol. The number of hydrogen-bond donors (Lipinski definition) is 0. The van der Waals surface area contributed by atoms with E-state index in [1.807, 2.05) is 0 Å². The van der Waals surface area contributed by atoms with E-state index < -0.39 is 8.80 Å². The maximum Gasteiger partial charge on any atom is 0.500 e.